The number of thiophene rings is 3. The number of ether oxygens (including phenoxy) is 1. The molecule has 101 heavy (non-hydrogen) atoms. The van der Waals surface area contributed by atoms with Crippen LogP contribution >= 0.6 is 34.0 Å². The molecule has 6 nitrogen and oxygen atoms in total. The van der Waals surface area contributed by atoms with E-state index in [0.29, 0.717) is 0 Å². The molecule has 0 fully saturated rings. The van der Waals surface area contributed by atoms with Gasteiger partial charge in [0.05, 0.1) is 33.1 Å². The van der Waals surface area contributed by atoms with Gasteiger partial charge in [-0.05, 0) is 160 Å². The van der Waals surface area contributed by atoms with E-state index in [2.05, 4.69) is 358 Å². The molecule has 0 amide bonds. The van der Waals surface area contributed by atoms with E-state index < -0.39 is 0 Å². The Hall–Kier alpha value is -12.1. The Bertz CT molecular complexity index is 6460. The van der Waals surface area contributed by atoms with Crippen LogP contribution in [0.5, 0.6) is 11.5 Å². The fourth-order valence-corrected chi connectivity index (χ4v) is 20.6. The summed E-state index contributed by atoms with van der Waals surface area (Å²) in [6.45, 7) is -0.424. The molecule has 470 valence electrons. The SMILES string of the molecule is c1ccc(N2c3ccccc3B3c4cc5c(cc4Oc4cc(N(c6ccccc6)c6cccc7c6sc6ccccc67)cc2c43)N(c2ccccc2)c2cc(N(c3ccccc3)c3cccc4sc6ccccc6c34)cc3c2B5c2ccccc2N3c2cccc3sc4ccccc4c23)cc1. The topological polar surface area (TPSA) is 25.4 Å². The summed E-state index contributed by atoms with van der Waals surface area (Å²) in [7, 11) is 0. The van der Waals surface area contributed by atoms with Gasteiger partial charge >= 0.3 is 0 Å². The molecular weight excluding hydrogens is 1280 g/mol. The number of anilines is 15. The van der Waals surface area contributed by atoms with E-state index in [1.807, 2.05) is 34.0 Å². The van der Waals surface area contributed by atoms with Gasteiger partial charge in [-0.25, -0.2) is 0 Å². The number of benzene rings is 15. The maximum absolute atomic E-state index is 7.93. The summed E-state index contributed by atoms with van der Waals surface area (Å²) < 4.78 is 15.5. The van der Waals surface area contributed by atoms with Gasteiger partial charge in [0.2, 0.25) is 0 Å². The molecule has 0 bridgehead atoms. The first-order valence-electron chi connectivity index (χ1n) is 34.4. The smallest absolute Gasteiger partial charge is 0.256 e. The van der Waals surface area contributed by atoms with E-state index >= 15 is 0 Å². The second-order valence-corrected chi connectivity index (χ2v) is 29.8. The number of hydrogen-bond donors (Lipinski definition) is 0. The summed E-state index contributed by atoms with van der Waals surface area (Å²) in [6, 6.07) is 124. The van der Waals surface area contributed by atoms with E-state index in [9.17, 15) is 0 Å². The Morgan fingerprint density at radius 1 is 0.257 bits per heavy atom. The highest BCUT2D eigenvalue weighted by Crippen LogP contribution is 2.55. The third kappa shape index (κ3) is 8.46. The number of hydrogen-bond acceptors (Lipinski definition) is 9. The average Bonchev–Trinajstić information content (AvgIpc) is 1.21. The number of rotatable bonds is 9. The third-order valence-corrected chi connectivity index (χ3v) is 24.7. The van der Waals surface area contributed by atoms with Gasteiger partial charge in [0, 0.05) is 125 Å². The van der Waals surface area contributed by atoms with E-state index in [4.69, 9.17) is 4.74 Å². The predicted molar refractivity (Wildman–Crippen MR) is 434 cm³/mol. The van der Waals surface area contributed by atoms with E-state index in [0.717, 1.165) is 108 Å². The standard InChI is InChI=1S/C90H55B2N5OS3/c1-5-26-56(27-6-1)93(72-42-24-48-84-86(72)64-35-14-21-46-82(64)99-84)60-50-76-88-77(51-60)97(73-43-25-49-85-87(73)65-36-15-22-47-83(65)100-85)71-41-19-17-39-67(71)91(88)68-54-69-79(55-75(68)96(76)59-32-11-4-12-33-59)98-80-53-61(52-78-89(80)92(69)66-38-16-18-40-70(66)95(78)58-30-9-3-10-31-58)94(57-28-7-2-8-29-57)74-44-23-37-63-62-34-13-20-45-81(62)101-90(63)74/h1-55H. The van der Waals surface area contributed by atoms with Crippen LogP contribution in [0.4, 0.5) is 85.3 Å². The molecule has 0 unspecified atom stereocenters. The van der Waals surface area contributed by atoms with Crippen molar-refractivity contribution in [1.82, 2.24) is 0 Å². The van der Waals surface area contributed by atoms with Gasteiger partial charge in [-0.15, -0.1) is 34.0 Å². The molecule has 18 aromatic rings. The quantitative estimate of drug-likeness (QED) is 0.134. The second kappa shape index (κ2) is 22.2. The van der Waals surface area contributed by atoms with Crippen LogP contribution in [0, 0.1) is 0 Å². The van der Waals surface area contributed by atoms with Gasteiger partial charge < -0.3 is 29.2 Å². The van der Waals surface area contributed by atoms with Crippen molar-refractivity contribution in [1.29, 1.82) is 0 Å². The molecule has 4 aliphatic rings. The van der Waals surface area contributed by atoms with Gasteiger partial charge in [0.15, 0.2) is 0 Å². The van der Waals surface area contributed by atoms with Crippen LogP contribution in [0.2, 0.25) is 0 Å². The zero-order chi connectivity index (χ0) is 66.0. The second-order valence-electron chi connectivity index (χ2n) is 26.6. The molecule has 7 heterocycles. The van der Waals surface area contributed by atoms with Crippen LogP contribution in [0.1, 0.15) is 0 Å². The fourth-order valence-electron chi connectivity index (χ4n) is 17.1. The van der Waals surface area contributed by atoms with Crippen LogP contribution in [-0.4, -0.2) is 13.4 Å². The van der Waals surface area contributed by atoms with Crippen molar-refractivity contribution in [2.75, 3.05) is 24.5 Å². The van der Waals surface area contributed by atoms with Crippen molar-refractivity contribution in [2.24, 2.45) is 0 Å². The lowest BCUT2D eigenvalue weighted by atomic mass is 9.30. The lowest BCUT2D eigenvalue weighted by Gasteiger charge is -2.46. The van der Waals surface area contributed by atoms with E-state index in [-0.39, 0.29) is 13.4 Å². The Balaban J connectivity index is 0.829. The molecule has 4 aliphatic heterocycles. The van der Waals surface area contributed by atoms with Crippen molar-refractivity contribution in [3.8, 4) is 11.5 Å². The minimum absolute atomic E-state index is 0.209. The fraction of sp³-hybridized carbons (Fsp3) is 0. The maximum Gasteiger partial charge on any atom is 0.256 e. The molecule has 0 atom stereocenters. The zero-order valence-electron chi connectivity index (χ0n) is 54.3. The highest BCUT2D eigenvalue weighted by molar-refractivity contribution is 7.27. The Kier molecular flexibility index (Phi) is 12.5. The maximum atomic E-state index is 7.93. The van der Waals surface area contributed by atoms with Crippen molar-refractivity contribution in [2.45, 2.75) is 0 Å². The molecule has 0 aliphatic carbocycles. The monoisotopic (exact) mass is 1340 g/mol. The Morgan fingerprint density at radius 3 is 1.37 bits per heavy atom. The van der Waals surface area contributed by atoms with Gasteiger partial charge in [0.25, 0.3) is 13.4 Å². The van der Waals surface area contributed by atoms with Crippen LogP contribution in [-0.2, 0) is 0 Å². The number of nitrogens with zero attached hydrogens (tertiary/aromatic N) is 5. The molecule has 0 radical (unpaired) electrons. The summed E-state index contributed by atoms with van der Waals surface area (Å²) in [6.07, 6.45) is 0. The molecular formula is C90H55B2N5OS3. The number of para-hydroxylation sites is 6. The first-order valence-corrected chi connectivity index (χ1v) is 36.9. The van der Waals surface area contributed by atoms with Gasteiger partial charge in [-0.3, -0.25) is 0 Å². The molecule has 22 rings (SSSR count). The Morgan fingerprint density at radius 2 is 0.703 bits per heavy atom. The summed E-state index contributed by atoms with van der Waals surface area (Å²) >= 11 is 5.58. The normalized spacial score (nSPS) is 13.1. The minimum Gasteiger partial charge on any atom is -0.458 e. The van der Waals surface area contributed by atoms with Crippen molar-refractivity contribution < 1.29 is 4.74 Å². The highest BCUT2D eigenvalue weighted by Gasteiger charge is 2.48. The first-order chi connectivity index (χ1) is 50.1. The first kappa shape index (κ1) is 56.9. The number of fused-ring (bicyclic) bond motifs is 17. The molecule has 0 saturated carbocycles. The minimum atomic E-state index is -0.214. The molecule has 3 aromatic heterocycles. The van der Waals surface area contributed by atoms with E-state index in [1.54, 1.807) is 0 Å². The van der Waals surface area contributed by atoms with Gasteiger partial charge in [-0.1, -0.05) is 194 Å². The van der Waals surface area contributed by atoms with Crippen molar-refractivity contribution >= 4 is 226 Å². The highest BCUT2D eigenvalue weighted by atomic mass is 32.1. The van der Waals surface area contributed by atoms with Crippen LogP contribution in [0.25, 0.3) is 60.5 Å². The average molecular weight is 1340 g/mol. The van der Waals surface area contributed by atoms with Crippen LogP contribution in [0.15, 0.2) is 334 Å². The van der Waals surface area contributed by atoms with Crippen LogP contribution < -0.4 is 62.0 Å². The molecule has 0 spiro atoms. The molecule has 0 saturated heterocycles. The lowest BCUT2D eigenvalue weighted by molar-refractivity contribution is 0.488. The van der Waals surface area contributed by atoms with Crippen molar-refractivity contribution in [3.63, 3.8) is 0 Å². The molecule has 11 heteroatoms. The largest absolute Gasteiger partial charge is 0.458 e. The molecule has 0 N–H and O–H groups in total. The Labute approximate surface area is 596 Å². The zero-order valence-corrected chi connectivity index (χ0v) is 56.7. The summed E-state index contributed by atoms with van der Waals surface area (Å²) in [5.41, 5.74) is 23.5. The van der Waals surface area contributed by atoms with E-state index in [1.165, 1.54) is 82.4 Å². The summed E-state index contributed by atoms with van der Waals surface area (Å²) in [5.74, 6) is 1.65. The predicted octanol–water partition coefficient (Wildman–Crippen LogP) is 22.2. The van der Waals surface area contributed by atoms with Crippen molar-refractivity contribution in [3.05, 3.63) is 334 Å². The molecule has 15 aromatic carbocycles. The van der Waals surface area contributed by atoms with Crippen LogP contribution in [0.3, 0.4) is 0 Å². The van der Waals surface area contributed by atoms with Gasteiger partial charge in [-0.2, -0.15) is 0 Å². The van der Waals surface area contributed by atoms with Gasteiger partial charge in [0.1, 0.15) is 11.5 Å². The summed E-state index contributed by atoms with van der Waals surface area (Å²) in [5, 5.41) is 7.49. The summed E-state index contributed by atoms with van der Waals surface area (Å²) in [4.78, 5) is 12.6. The third-order valence-electron chi connectivity index (χ3n) is 21.2. The lowest BCUT2D eigenvalue weighted by Crippen LogP contribution is -2.64.